The maximum atomic E-state index is 12.6. The summed E-state index contributed by atoms with van der Waals surface area (Å²) in [5.41, 5.74) is 4.33. The second-order valence-corrected chi connectivity index (χ2v) is 9.69. The van der Waals surface area contributed by atoms with Crippen molar-refractivity contribution >= 4 is 11.8 Å². The van der Waals surface area contributed by atoms with E-state index in [1.54, 1.807) is 7.11 Å². The predicted molar refractivity (Wildman–Crippen MR) is 115 cm³/mol. The SMILES string of the molecule is COC(C)(C)CN1CCOc2cc3c(c(C)c21)CCN(C(=O)OC(C)(C)C)CC3. The van der Waals surface area contributed by atoms with E-state index < -0.39 is 5.60 Å². The quantitative estimate of drug-likeness (QED) is 0.763. The van der Waals surface area contributed by atoms with E-state index in [1.807, 2.05) is 25.7 Å². The van der Waals surface area contributed by atoms with Gasteiger partial charge in [-0.1, -0.05) is 0 Å². The first-order valence-electron chi connectivity index (χ1n) is 10.6. The zero-order valence-electron chi connectivity index (χ0n) is 19.1. The molecular weight excluding hydrogens is 368 g/mol. The van der Waals surface area contributed by atoms with Gasteiger partial charge in [-0.15, -0.1) is 0 Å². The van der Waals surface area contributed by atoms with Crippen molar-refractivity contribution in [2.24, 2.45) is 0 Å². The average molecular weight is 405 g/mol. The van der Waals surface area contributed by atoms with Crippen molar-refractivity contribution in [1.82, 2.24) is 4.90 Å². The van der Waals surface area contributed by atoms with Crippen LogP contribution in [0.3, 0.4) is 0 Å². The number of carbonyl (C=O) groups excluding carboxylic acids is 1. The van der Waals surface area contributed by atoms with Crippen molar-refractivity contribution in [3.63, 3.8) is 0 Å². The van der Waals surface area contributed by atoms with Gasteiger partial charge in [0.15, 0.2) is 0 Å². The number of fused-ring (bicyclic) bond motifs is 2. The first-order valence-corrected chi connectivity index (χ1v) is 10.6. The standard InChI is InChI=1S/C23H36N2O4/c1-16-18-9-11-24(21(26)29-22(2,3)4)10-8-17(18)14-19-20(16)25(12-13-28-19)15-23(5,6)27-7/h14H,8-13,15H2,1-7H3. The molecule has 0 aliphatic carbocycles. The van der Waals surface area contributed by atoms with Gasteiger partial charge in [-0.25, -0.2) is 4.79 Å². The monoisotopic (exact) mass is 404 g/mol. The number of amides is 1. The number of nitrogens with zero attached hydrogens (tertiary/aromatic N) is 2. The van der Waals surface area contributed by atoms with E-state index in [0.717, 1.165) is 31.7 Å². The van der Waals surface area contributed by atoms with Crippen LogP contribution in [-0.2, 0) is 22.3 Å². The Morgan fingerprint density at radius 2 is 1.83 bits per heavy atom. The molecule has 0 bridgehead atoms. The summed E-state index contributed by atoms with van der Waals surface area (Å²) in [6.07, 6.45) is 1.41. The van der Waals surface area contributed by atoms with Gasteiger partial charge in [0, 0.05) is 26.7 Å². The normalized spacial score (nSPS) is 17.2. The highest BCUT2D eigenvalue weighted by Gasteiger charge is 2.31. The lowest BCUT2D eigenvalue weighted by molar-refractivity contribution is 0.0257. The lowest BCUT2D eigenvalue weighted by Crippen LogP contribution is -2.44. The lowest BCUT2D eigenvalue weighted by atomic mass is 9.94. The Balaban J connectivity index is 1.86. The van der Waals surface area contributed by atoms with Crippen molar-refractivity contribution < 1.29 is 19.0 Å². The van der Waals surface area contributed by atoms with Gasteiger partial charge < -0.3 is 24.0 Å². The highest BCUT2D eigenvalue weighted by Crippen LogP contribution is 2.40. The molecule has 1 aromatic carbocycles. The summed E-state index contributed by atoms with van der Waals surface area (Å²) >= 11 is 0. The minimum absolute atomic E-state index is 0.229. The second-order valence-electron chi connectivity index (χ2n) is 9.69. The van der Waals surface area contributed by atoms with Crippen molar-refractivity contribution in [3.8, 4) is 5.75 Å². The number of ether oxygens (including phenoxy) is 3. The minimum Gasteiger partial charge on any atom is -0.490 e. The van der Waals surface area contributed by atoms with Gasteiger partial charge in [0.25, 0.3) is 0 Å². The van der Waals surface area contributed by atoms with Gasteiger partial charge in [0.05, 0.1) is 17.8 Å². The van der Waals surface area contributed by atoms with Crippen molar-refractivity contribution in [2.45, 2.75) is 65.6 Å². The largest absolute Gasteiger partial charge is 0.490 e. The molecule has 6 heteroatoms. The number of benzene rings is 1. The van der Waals surface area contributed by atoms with Crippen LogP contribution in [0.15, 0.2) is 6.07 Å². The van der Waals surface area contributed by atoms with E-state index >= 15 is 0 Å². The molecule has 0 aromatic heterocycles. The highest BCUT2D eigenvalue weighted by atomic mass is 16.6. The molecule has 0 N–H and O–H groups in total. The molecule has 0 radical (unpaired) electrons. The lowest BCUT2D eigenvalue weighted by Gasteiger charge is -2.38. The molecule has 2 aliphatic rings. The Morgan fingerprint density at radius 3 is 2.48 bits per heavy atom. The molecule has 162 valence electrons. The summed E-state index contributed by atoms with van der Waals surface area (Å²) in [6, 6.07) is 2.18. The van der Waals surface area contributed by atoms with E-state index in [4.69, 9.17) is 14.2 Å². The topological polar surface area (TPSA) is 51.2 Å². The zero-order valence-corrected chi connectivity index (χ0v) is 19.1. The van der Waals surface area contributed by atoms with Crippen LogP contribution in [0.2, 0.25) is 0 Å². The summed E-state index contributed by atoms with van der Waals surface area (Å²) in [5, 5.41) is 0. The van der Waals surface area contributed by atoms with Crippen LogP contribution in [0.25, 0.3) is 0 Å². The summed E-state index contributed by atoms with van der Waals surface area (Å²) in [7, 11) is 1.76. The number of rotatable bonds is 3. The van der Waals surface area contributed by atoms with Crippen LogP contribution < -0.4 is 9.64 Å². The molecule has 1 amide bonds. The Labute approximate surface area is 175 Å². The van der Waals surface area contributed by atoms with Gasteiger partial charge in [-0.05, 0) is 77.1 Å². The van der Waals surface area contributed by atoms with Crippen LogP contribution >= 0.6 is 0 Å². The van der Waals surface area contributed by atoms with Crippen LogP contribution in [0.1, 0.15) is 51.3 Å². The second kappa shape index (κ2) is 8.05. The first kappa shape index (κ1) is 21.8. The number of methoxy groups -OCH3 is 1. The molecule has 0 saturated heterocycles. The Kier molecular flexibility index (Phi) is 6.04. The molecule has 0 saturated carbocycles. The summed E-state index contributed by atoms with van der Waals surface area (Å²) < 4.78 is 17.3. The van der Waals surface area contributed by atoms with Gasteiger partial charge in [0.1, 0.15) is 18.0 Å². The van der Waals surface area contributed by atoms with Crippen LogP contribution in [-0.4, -0.2) is 62.1 Å². The van der Waals surface area contributed by atoms with Crippen molar-refractivity contribution in [3.05, 3.63) is 22.8 Å². The molecule has 2 heterocycles. The molecule has 0 fully saturated rings. The number of hydrogen-bond donors (Lipinski definition) is 0. The molecule has 6 nitrogen and oxygen atoms in total. The first-order chi connectivity index (χ1) is 13.5. The smallest absolute Gasteiger partial charge is 0.410 e. The average Bonchev–Trinajstić information content (AvgIpc) is 2.83. The van der Waals surface area contributed by atoms with Gasteiger partial charge in [0.2, 0.25) is 0 Å². The van der Waals surface area contributed by atoms with Gasteiger partial charge in [-0.3, -0.25) is 0 Å². The minimum atomic E-state index is -0.478. The van der Waals surface area contributed by atoms with E-state index in [9.17, 15) is 4.79 Å². The Bertz CT molecular complexity index is 767. The number of anilines is 1. The van der Waals surface area contributed by atoms with Gasteiger partial charge >= 0.3 is 6.09 Å². The van der Waals surface area contributed by atoms with E-state index in [1.165, 1.54) is 22.4 Å². The third-order valence-corrected chi connectivity index (χ3v) is 5.73. The molecule has 1 aromatic rings. The molecule has 0 atom stereocenters. The zero-order chi connectivity index (χ0) is 21.4. The van der Waals surface area contributed by atoms with Crippen LogP contribution in [0.4, 0.5) is 10.5 Å². The van der Waals surface area contributed by atoms with E-state index in [2.05, 4.69) is 31.7 Å². The van der Waals surface area contributed by atoms with Crippen molar-refractivity contribution in [1.29, 1.82) is 0 Å². The third kappa shape index (κ3) is 4.97. The third-order valence-electron chi connectivity index (χ3n) is 5.73. The Hall–Kier alpha value is -1.95. The summed E-state index contributed by atoms with van der Waals surface area (Å²) in [4.78, 5) is 16.8. The summed E-state index contributed by atoms with van der Waals surface area (Å²) in [6.45, 7) is 15.8. The van der Waals surface area contributed by atoms with Crippen LogP contribution in [0.5, 0.6) is 5.75 Å². The Morgan fingerprint density at radius 1 is 1.14 bits per heavy atom. The predicted octanol–water partition coefficient (Wildman–Crippen LogP) is 3.95. The molecule has 3 rings (SSSR count). The molecule has 0 unspecified atom stereocenters. The fourth-order valence-electron chi connectivity index (χ4n) is 4.14. The molecule has 2 aliphatic heterocycles. The van der Waals surface area contributed by atoms with Crippen molar-refractivity contribution in [2.75, 3.05) is 44.8 Å². The van der Waals surface area contributed by atoms with E-state index in [0.29, 0.717) is 19.7 Å². The maximum absolute atomic E-state index is 12.6. The van der Waals surface area contributed by atoms with E-state index in [-0.39, 0.29) is 11.7 Å². The molecular formula is C23H36N2O4. The number of carbonyl (C=O) groups is 1. The highest BCUT2D eigenvalue weighted by molar-refractivity contribution is 5.71. The fourth-order valence-corrected chi connectivity index (χ4v) is 4.14. The maximum Gasteiger partial charge on any atom is 0.410 e. The van der Waals surface area contributed by atoms with Crippen LogP contribution in [0, 0.1) is 6.92 Å². The molecule has 29 heavy (non-hydrogen) atoms. The fraction of sp³-hybridized carbons (Fsp3) is 0.696. The summed E-state index contributed by atoms with van der Waals surface area (Å²) in [5.74, 6) is 0.949. The van der Waals surface area contributed by atoms with Gasteiger partial charge in [-0.2, -0.15) is 0 Å². The number of hydrogen-bond acceptors (Lipinski definition) is 5. The molecule has 0 spiro atoms.